The van der Waals surface area contributed by atoms with Crippen LogP contribution in [0.15, 0.2) is 0 Å². The molecule has 3 nitrogen and oxygen atoms in total. The summed E-state index contributed by atoms with van der Waals surface area (Å²) in [4.78, 5) is 5.46. The van der Waals surface area contributed by atoms with Gasteiger partial charge < -0.3 is 4.74 Å². The minimum Gasteiger partial charge on any atom is -0.379 e. The predicted molar refractivity (Wildman–Crippen MR) is 69.2 cm³/mol. The summed E-state index contributed by atoms with van der Waals surface area (Å²) in [6, 6.07) is 0.829. The number of morpholine rings is 1. The summed E-state index contributed by atoms with van der Waals surface area (Å²) >= 11 is 0. The minimum absolute atomic E-state index is 0.594. The van der Waals surface area contributed by atoms with Crippen LogP contribution in [0.5, 0.6) is 0 Å². The van der Waals surface area contributed by atoms with Gasteiger partial charge in [-0.25, -0.2) is 0 Å². The van der Waals surface area contributed by atoms with E-state index in [1.807, 2.05) is 0 Å². The Morgan fingerprint density at radius 3 is 2.76 bits per heavy atom. The molecule has 0 bridgehead atoms. The van der Waals surface area contributed by atoms with E-state index in [-0.39, 0.29) is 0 Å². The molecule has 3 heteroatoms. The molecule has 0 amide bonds. The van der Waals surface area contributed by atoms with Crippen LogP contribution < -0.4 is 0 Å². The van der Waals surface area contributed by atoms with E-state index in [4.69, 9.17) is 4.74 Å². The fraction of sp³-hybridized carbons (Fsp3) is 1.00. The second kappa shape index (κ2) is 4.87. The zero-order valence-electron chi connectivity index (χ0n) is 11.2. The Hall–Kier alpha value is -0.120. The summed E-state index contributed by atoms with van der Waals surface area (Å²) in [7, 11) is 0. The van der Waals surface area contributed by atoms with Crippen molar-refractivity contribution in [2.24, 2.45) is 0 Å². The normalized spacial score (nSPS) is 39.7. The van der Waals surface area contributed by atoms with Crippen LogP contribution in [0.4, 0.5) is 0 Å². The molecule has 0 spiro atoms. The summed E-state index contributed by atoms with van der Waals surface area (Å²) in [5.74, 6) is 0. The standard InChI is InChI=1S/C14H26N2O/c1-2-14-5-3-7-16(14)13(4-6-14)12-15-8-10-17-11-9-15/h13H,2-12H2,1H3. The van der Waals surface area contributed by atoms with Crippen LogP contribution in [0.1, 0.15) is 39.0 Å². The van der Waals surface area contributed by atoms with Crippen molar-refractivity contribution in [3.63, 3.8) is 0 Å². The highest BCUT2D eigenvalue weighted by atomic mass is 16.5. The van der Waals surface area contributed by atoms with Gasteiger partial charge in [-0.2, -0.15) is 0 Å². The van der Waals surface area contributed by atoms with Gasteiger partial charge in [-0.3, -0.25) is 9.80 Å². The number of hydrogen-bond acceptors (Lipinski definition) is 3. The maximum absolute atomic E-state index is 5.44. The van der Waals surface area contributed by atoms with Crippen LogP contribution >= 0.6 is 0 Å². The van der Waals surface area contributed by atoms with Crippen LogP contribution in [-0.2, 0) is 4.74 Å². The number of ether oxygens (including phenoxy) is 1. The highest BCUT2D eigenvalue weighted by Gasteiger charge is 2.47. The molecule has 98 valence electrons. The smallest absolute Gasteiger partial charge is 0.0594 e. The Balaban J connectivity index is 1.61. The second-order valence-corrected chi connectivity index (χ2v) is 5.98. The van der Waals surface area contributed by atoms with Gasteiger partial charge in [-0.15, -0.1) is 0 Å². The maximum atomic E-state index is 5.44. The van der Waals surface area contributed by atoms with Crippen molar-refractivity contribution in [1.82, 2.24) is 9.80 Å². The van der Waals surface area contributed by atoms with Gasteiger partial charge in [0.1, 0.15) is 0 Å². The molecule has 0 aromatic heterocycles. The SMILES string of the molecule is CCC12CCCN1C(CN1CCOCC1)CC2. The molecule has 0 aromatic rings. The molecular weight excluding hydrogens is 212 g/mol. The maximum Gasteiger partial charge on any atom is 0.0594 e. The number of nitrogens with zero attached hydrogens (tertiary/aromatic N) is 2. The third-order valence-electron chi connectivity index (χ3n) is 5.26. The fourth-order valence-corrected chi connectivity index (χ4v) is 4.22. The van der Waals surface area contributed by atoms with Gasteiger partial charge in [0.2, 0.25) is 0 Å². The van der Waals surface area contributed by atoms with E-state index < -0.39 is 0 Å². The van der Waals surface area contributed by atoms with Crippen molar-refractivity contribution in [2.75, 3.05) is 39.4 Å². The molecule has 2 atom stereocenters. The number of fused-ring (bicyclic) bond motifs is 1. The zero-order chi connectivity index (χ0) is 11.7. The first-order valence-corrected chi connectivity index (χ1v) is 7.41. The lowest BCUT2D eigenvalue weighted by atomic mass is 9.91. The lowest BCUT2D eigenvalue weighted by Gasteiger charge is -2.37. The zero-order valence-corrected chi connectivity index (χ0v) is 11.2. The number of hydrogen-bond donors (Lipinski definition) is 0. The van der Waals surface area contributed by atoms with Crippen molar-refractivity contribution >= 4 is 0 Å². The fourth-order valence-electron chi connectivity index (χ4n) is 4.22. The first-order chi connectivity index (χ1) is 8.34. The van der Waals surface area contributed by atoms with E-state index in [9.17, 15) is 0 Å². The molecule has 3 fully saturated rings. The van der Waals surface area contributed by atoms with Crippen LogP contribution in [0.2, 0.25) is 0 Å². The van der Waals surface area contributed by atoms with Gasteiger partial charge in [-0.05, 0) is 38.6 Å². The van der Waals surface area contributed by atoms with E-state index in [1.54, 1.807) is 0 Å². The van der Waals surface area contributed by atoms with Gasteiger partial charge in [-0.1, -0.05) is 6.92 Å². The summed E-state index contributed by atoms with van der Waals surface area (Å²) in [5.41, 5.74) is 0.594. The Bertz CT molecular complexity index is 265. The topological polar surface area (TPSA) is 15.7 Å². The molecule has 0 saturated carbocycles. The molecule has 0 N–H and O–H groups in total. The second-order valence-electron chi connectivity index (χ2n) is 5.98. The minimum atomic E-state index is 0.594. The molecule has 0 aromatic carbocycles. The molecule has 0 radical (unpaired) electrons. The lowest BCUT2D eigenvalue weighted by molar-refractivity contribution is 0.0219. The quantitative estimate of drug-likeness (QED) is 0.744. The van der Waals surface area contributed by atoms with E-state index in [2.05, 4.69) is 16.7 Å². The molecule has 2 unspecified atom stereocenters. The van der Waals surface area contributed by atoms with E-state index in [1.165, 1.54) is 45.2 Å². The Morgan fingerprint density at radius 1 is 1.18 bits per heavy atom. The van der Waals surface area contributed by atoms with E-state index >= 15 is 0 Å². The van der Waals surface area contributed by atoms with Gasteiger partial charge in [0, 0.05) is 31.2 Å². The molecule has 3 heterocycles. The van der Waals surface area contributed by atoms with Crippen molar-refractivity contribution in [3.05, 3.63) is 0 Å². The highest BCUT2D eigenvalue weighted by molar-refractivity contribution is 5.04. The van der Waals surface area contributed by atoms with Gasteiger partial charge in [0.15, 0.2) is 0 Å². The molecule has 0 aliphatic carbocycles. The first kappa shape index (κ1) is 11.9. The van der Waals surface area contributed by atoms with Crippen molar-refractivity contribution in [1.29, 1.82) is 0 Å². The summed E-state index contributed by atoms with van der Waals surface area (Å²) < 4.78 is 5.44. The van der Waals surface area contributed by atoms with Gasteiger partial charge in [0.05, 0.1) is 13.2 Å². The Morgan fingerprint density at radius 2 is 2.00 bits per heavy atom. The largest absolute Gasteiger partial charge is 0.379 e. The monoisotopic (exact) mass is 238 g/mol. The van der Waals surface area contributed by atoms with Crippen LogP contribution in [0.3, 0.4) is 0 Å². The van der Waals surface area contributed by atoms with Crippen molar-refractivity contribution in [3.8, 4) is 0 Å². The Labute approximate surface area is 105 Å². The van der Waals surface area contributed by atoms with Crippen LogP contribution in [-0.4, -0.2) is 60.8 Å². The predicted octanol–water partition coefficient (Wildman–Crippen LogP) is 1.73. The molecular formula is C14H26N2O. The van der Waals surface area contributed by atoms with Crippen LogP contribution in [0.25, 0.3) is 0 Å². The van der Waals surface area contributed by atoms with E-state index in [0.29, 0.717) is 5.54 Å². The highest BCUT2D eigenvalue weighted by Crippen LogP contribution is 2.44. The first-order valence-electron chi connectivity index (χ1n) is 7.41. The van der Waals surface area contributed by atoms with Gasteiger partial charge >= 0.3 is 0 Å². The molecule has 3 aliphatic rings. The molecule has 3 aliphatic heterocycles. The van der Waals surface area contributed by atoms with Gasteiger partial charge in [0.25, 0.3) is 0 Å². The lowest BCUT2D eigenvalue weighted by Crippen LogP contribution is -2.48. The Kier molecular flexibility index (Phi) is 3.42. The summed E-state index contributed by atoms with van der Waals surface area (Å²) in [6.07, 6.45) is 7.09. The van der Waals surface area contributed by atoms with E-state index in [0.717, 1.165) is 32.3 Å². The third kappa shape index (κ3) is 2.13. The summed E-state index contributed by atoms with van der Waals surface area (Å²) in [5, 5.41) is 0. The van der Waals surface area contributed by atoms with Crippen LogP contribution in [0, 0.1) is 0 Å². The number of rotatable bonds is 3. The van der Waals surface area contributed by atoms with Crippen molar-refractivity contribution in [2.45, 2.75) is 50.6 Å². The average Bonchev–Trinajstić information content (AvgIpc) is 2.92. The summed E-state index contributed by atoms with van der Waals surface area (Å²) in [6.45, 7) is 9.17. The van der Waals surface area contributed by atoms with Crippen molar-refractivity contribution < 1.29 is 4.74 Å². The third-order valence-corrected chi connectivity index (χ3v) is 5.26. The molecule has 3 rings (SSSR count). The molecule has 17 heavy (non-hydrogen) atoms. The molecule has 3 saturated heterocycles. The average molecular weight is 238 g/mol.